The Bertz CT molecular complexity index is 143. The molecule has 0 spiro atoms. The summed E-state index contributed by atoms with van der Waals surface area (Å²) in [5.74, 6) is -0.233. The molecule has 4 nitrogen and oxygen atoms in total. The van der Waals surface area contributed by atoms with Crippen LogP contribution in [0.5, 0.6) is 0 Å². The van der Waals surface area contributed by atoms with Crippen LogP contribution in [0.3, 0.4) is 0 Å². The molecule has 0 amide bonds. The Kier molecular flexibility index (Phi) is 8.78. The average molecular weight is 227 g/mol. The van der Waals surface area contributed by atoms with Crippen LogP contribution in [0.15, 0.2) is 0 Å². The molecule has 0 rings (SSSR count). The van der Waals surface area contributed by atoms with Crippen molar-refractivity contribution in [3.05, 3.63) is 0 Å². The van der Waals surface area contributed by atoms with Gasteiger partial charge in [0, 0.05) is 45.5 Å². The molecule has 52 valence electrons. The van der Waals surface area contributed by atoms with Crippen molar-refractivity contribution in [2.75, 3.05) is 12.3 Å². The summed E-state index contributed by atoms with van der Waals surface area (Å²) in [6.45, 7) is 0.291. The molecule has 0 saturated heterocycles. The van der Waals surface area contributed by atoms with Crippen molar-refractivity contribution in [1.82, 2.24) is 0 Å². The fourth-order valence-corrected chi connectivity index (χ4v) is 0.797. The summed E-state index contributed by atoms with van der Waals surface area (Å²) in [6.07, 6.45) is 0.318. The maximum atomic E-state index is 9.89. The van der Waals surface area contributed by atoms with Crippen molar-refractivity contribution in [2.45, 2.75) is 6.42 Å². The number of nitrogens with two attached hydrogens (primary N) is 1. The molecule has 6 heteroatoms. The van der Waals surface area contributed by atoms with Crippen molar-refractivity contribution in [3.63, 3.8) is 0 Å². The third-order valence-corrected chi connectivity index (χ3v) is 1.41. The number of hydrogen-bond acceptors (Lipinski definition) is 3. The molecule has 0 saturated carbocycles. The van der Waals surface area contributed by atoms with Gasteiger partial charge in [-0.05, 0) is 13.0 Å². The van der Waals surface area contributed by atoms with E-state index in [9.17, 15) is 8.42 Å². The van der Waals surface area contributed by atoms with Crippen molar-refractivity contribution in [2.24, 2.45) is 5.73 Å². The second kappa shape index (κ2) is 6.09. The minimum Gasteiger partial charge on any atom is -0.330 e. The maximum absolute atomic E-state index is 9.89. The van der Waals surface area contributed by atoms with E-state index in [0.717, 1.165) is 0 Å². The van der Waals surface area contributed by atoms with Crippen molar-refractivity contribution in [3.8, 4) is 0 Å². The van der Waals surface area contributed by atoms with E-state index < -0.39 is 10.1 Å². The second-order valence-corrected chi connectivity index (χ2v) is 3.00. The molecule has 0 aliphatic rings. The summed E-state index contributed by atoms with van der Waals surface area (Å²) in [5.41, 5.74) is 4.96. The van der Waals surface area contributed by atoms with Gasteiger partial charge in [0.2, 0.25) is 0 Å². The molecule has 9 heavy (non-hydrogen) atoms. The van der Waals surface area contributed by atoms with Gasteiger partial charge in [-0.25, -0.2) is 0 Å². The predicted molar refractivity (Wildman–Crippen MR) is 35.8 cm³/mol. The van der Waals surface area contributed by atoms with Crippen molar-refractivity contribution < 1.29 is 13.0 Å². The summed E-state index contributed by atoms with van der Waals surface area (Å²) >= 11 is 0. The molecule has 3 N–H and O–H groups in total. The zero-order valence-corrected chi connectivity index (χ0v) is 9.37. The normalized spacial score (nSPS) is 10.4. The summed E-state index contributed by atoms with van der Waals surface area (Å²) in [4.78, 5) is 0. The van der Waals surface area contributed by atoms with E-state index in [1.807, 2.05) is 0 Å². The van der Waals surface area contributed by atoms with Gasteiger partial charge in [0.15, 0.2) is 0 Å². The van der Waals surface area contributed by atoms with Gasteiger partial charge in [-0.2, -0.15) is 8.42 Å². The first kappa shape index (κ1) is 13.0. The van der Waals surface area contributed by atoms with Crippen molar-refractivity contribution in [1.29, 1.82) is 0 Å². The number of rotatable bonds is 3. The summed E-state index contributed by atoms with van der Waals surface area (Å²) in [5, 5.41) is 0. The van der Waals surface area contributed by atoms with Gasteiger partial charge in [-0.15, -0.1) is 0 Å². The molecule has 0 bridgehead atoms. The molecule has 0 atom stereocenters. The zero-order valence-electron chi connectivity index (χ0n) is 5.08. The maximum Gasteiger partial charge on any atom is 0.264 e. The van der Waals surface area contributed by atoms with Gasteiger partial charge >= 0.3 is 0 Å². The minimum absolute atomic E-state index is 0. The van der Waals surface area contributed by atoms with Crippen LogP contribution in [0.1, 0.15) is 6.42 Å². The molecule has 0 aromatic rings. The van der Waals surface area contributed by atoms with Gasteiger partial charge < -0.3 is 5.73 Å². The molecule has 0 aromatic heterocycles. The first-order chi connectivity index (χ1) is 3.56. The summed E-state index contributed by atoms with van der Waals surface area (Å²) in [6, 6.07) is 0. The number of hydrogen-bond donors (Lipinski definition) is 2. The second-order valence-electron chi connectivity index (χ2n) is 1.43. The molecule has 0 aromatic carbocycles. The largest absolute Gasteiger partial charge is 0.330 e. The van der Waals surface area contributed by atoms with Gasteiger partial charge in [0.05, 0.1) is 5.75 Å². The monoisotopic (exact) mass is 227 g/mol. The van der Waals surface area contributed by atoms with Crippen LogP contribution in [0.4, 0.5) is 0 Å². The van der Waals surface area contributed by atoms with Gasteiger partial charge in [-0.1, -0.05) is 0 Å². The summed E-state index contributed by atoms with van der Waals surface area (Å²) in [7, 11) is -3.77. The SMILES string of the molecule is NCCCS(=O)(=O)O.[Sr]. The topological polar surface area (TPSA) is 80.4 Å². The Morgan fingerprint density at radius 3 is 2.00 bits per heavy atom. The molecule has 0 heterocycles. The Balaban J connectivity index is 0. The van der Waals surface area contributed by atoms with E-state index in [1.165, 1.54) is 0 Å². The molecule has 0 fully saturated rings. The van der Waals surface area contributed by atoms with Crippen LogP contribution in [-0.2, 0) is 10.1 Å². The Labute approximate surface area is 91.8 Å². The molecule has 2 radical (unpaired) electrons. The molecular formula is C3H9NO3SSr. The fourth-order valence-electron chi connectivity index (χ4n) is 0.266. The summed E-state index contributed by atoms with van der Waals surface area (Å²) < 4.78 is 27.8. The first-order valence-corrected chi connectivity index (χ1v) is 3.82. The Morgan fingerprint density at radius 1 is 1.44 bits per heavy atom. The van der Waals surface area contributed by atoms with Crippen LogP contribution in [0.2, 0.25) is 0 Å². The third-order valence-electron chi connectivity index (χ3n) is 0.606. The van der Waals surface area contributed by atoms with Crippen LogP contribution < -0.4 is 5.73 Å². The third kappa shape index (κ3) is 12.5. The van der Waals surface area contributed by atoms with Crippen molar-refractivity contribution >= 4 is 55.6 Å². The van der Waals surface area contributed by atoms with Gasteiger partial charge in [-0.3, -0.25) is 4.55 Å². The van der Waals surface area contributed by atoms with Crippen LogP contribution in [-0.4, -0.2) is 70.7 Å². The van der Waals surface area contributed by atoms with E-state index in [4.69, 9.17) is 10.3 Å². The van der Waals surface area contributed by atoms with E-state index in [1.54, 1.807) is 0 Å². The average Bonchev–Trinajstić information content (AvgIpc) is 1.59. The fraction of sp³-hybridized carbons (Fsp3) is 1.00. The van der Waals surface area contributed by atoms with Crippen LogP contribution in [0.25, 0.3) is 0 Å². The molecule has 0 aliphatic carbocycles. The van der Waals surface area contributed by atoms with Gasteiger partial charge in [0.25, 0.3) is 10.1 Å². The minimum atomic E-state index is -3.77. The zero-order chi connectivity index (χ0) is 6.62. The standard InChI is InChI=1S/C3H9NO3S.Sr/c4-2-1-3-8(5,6)7;/h1-4H2,(H,5,6,7);. The van der Waals surface area contributed by atoms with E-state index in [0.29, 0.717) is 13.0 Å². The van der Waals surface area contributed by atoms with Crippen LogP contribution >= 0.6 is 0 Å². The molecular weight excluding hydrogens is 218 g/mol. The molecule has 0 unspecified atom stereocenters. The quantitative estimate of drug-likeness (QED) is 0.470. The van der Waals surface area contributed by atoms with E-state index in [-0.39, 0.29) is 51.2 Å². The molecule has 0 aliphatic heterocycles. The van der Waals surface area contributed by atoms with Gasteiger partial charge in [0.1, 0.15) is 0 Å². The first-order valence-electron chi connectivity index (χ1n) is 2.21. The predicted octanol–water partition coefficient (Wildman–Crippen LogP) is -1.16. The van der Waals surface area contributed by atoms with Crippen LogP contribution in [0, 0.1) is 0 Å². The van der Waals surface area contributed by atoms with E-state index in [2.05, 4.69) is 0 Å². The van der Waals surface area contributed by atoms with E-state index >= 15 is 0 Å². The Morgan fingerprint density at radius 2 is 1.89 bits per heavy atom. The Hall–Kier alpha value is 1.35. The smallest absolute Gasteiger partial charge is 0.264 e.